The Morgan fingerprint density at radius 3 is 2.56 bits per heavy atom. The molecule has 0 amide bonds. The molecule has 2 rings (SSSR count). The van der Waals surface area contributed by atoms with E-state index in [2.05, 4.69) is 4.98 Å². The summed E-state index contributed by atoms with van der Waals surface area (Å²) in [6.45, 7) is 0. The van der Waals surface area contributed by atoms with Crippen molar-refractivity contribution in [2.24, 2.45) is 0 Å². The summed E-state index contributed by atoms with van der Waals surface area (Å²) in [7, 11) is 1.50. The van der Waals surface area contributed by atoms with Gasteiger partial charge in [0.1, 0.15) is 5.75 Å². The first-order chi connectivity index (χ1) is 8.70. The van der Waals surface area contributed by atoms with Crippen molar-refractivity contribution in [3.8, 4) is 17.0 Å². The van der Waals surface area contributed by atoms with Crippen molar-refractivity contribution in [3.63, 3.8) is 0 Å². The molecule has 2 aromatic rings. The zero-order chi connectivity index (χ0) is 13.0. The summed E-state index contributed by atoms with van der Waals surface area (Å²) in [6.07, 6.45) is -0.149. The van der Waals surface area contributed by atoms with Crippen molar-refractivity contribution in [1.29, 1.82) is 0 Å². The van der Waals surface area contributed by atoms with Crippen LogP contribution in [0, 0.1) is 0 Å². The molecule has 1 heterocycles. The number of nitrogens with zero attached hydrogens (tertiary/aromatic N) is 1. The maximum absolute atomic E-state index is 10.8. The zero-order valence-corrected chi connectivity index (χ0v) is 9.96. The number of carbonyl (C=O) groups is 1. The number of ether oxygens (including phenoxy) is 1. The lowest BCUT2D eigenvalue weighted by atomic mass is 10.1. The molecule has 0 saturated heterocycles. The zero-order valence-electron chi connectivity index (χ0n) is 9.96. The number of carboxylic acid groups (broad SMARTS) is 1. The van der Waals surface area contributed by atoms with Gasteiger partial charge in [0.2, 0.25) is 0 Å². The van der Waals surface area contributed by atoms with Gasteiger partial charge in [-0.25, -0.2) is 4.98 Å². The van der Waals surface area contributed by atoms with Crippen molar-refractivity contribution in [1.82, 2.24) is 4.98 Å². The van der Waals surface area contributed by atoms with E-state index < -0.39 is 5.97 Å². The van der Waals surface area contributed by atoms with E-state index in [0.29, 0.717) is 11.4 Å². The largest absolute Gasteiger partial charge is 0.495 e. The van der Waals surface area contributed by atoms with E-state index in [1.54, 1.807) is 6.07 Å². The van der Waals surface area contributed by atoms with E-state index in [9.17, 15) is 4.79 Å². The van der Waals surface area contributed by atoms with Crippen molar-refractivity contribution in [2.75, 3.05) is 7.11 Å². The Balaban J connectivity index is 2.42. The van der Waals surface area contributed by atoms with Crippen LogP contribution in [0.5, 0.6) is 5.75 Å². The summed E-state index contributed by atoms with van der Waals surface area (Å²) in [4.78, 5) is 15.1. The average molecular weight is 243 g/mol. The fourth-order valence-electron chi connectivity index (χ4n) is 1.71. The Kier molecular flexibility index (Phi) is 3.57. The van der Waals surface area contributed by atoms with Gasteiger partial charge in [-0.3, -0.25) is 4.79 Å². The summed E-state index contributed by atoms with van der Waals surface area (Å²) in [5.74, 6) is -0.428. The molecule has 0 unspecified atom stereocenters. The first-order valence-corrected chi connectivity index (χ1v) is 5.52. The Morgan fingerprint density at radius 1 is 1.22 bits per heavy atom. The SMILES string of the molecule is COc1ccc(-c2ccccc2)nc1CC(=O)O. The van der Waals surface area contributed by atoms with Crippen LogP contribution in [0.2, 0.25) is 0 Å². The summed E-state index contributed by atoms with van der Waals surface area (Å²) in [5, 5.41) is 8.85. The lowest BCUT2D eigenvalue weighted by Gasteiger charge is -2.08. The minimum Gasteiger partial charge on any atom is -0.495 e. The van der Waals surface area contributed by atoms with Crippen LogP contribution in [-0.4, -0.2) is 23.2 Å². The second-order valence-electron chi connectivity index (χ2n) is 3.78. The molecule has 18 heavy (non-hydrogen) atoms. The molecule has 0 radical (unpaired) electrons. The van der Waals surface area contributed by atoms with E-state index in [1.165, 1.54) is 7.11 Å². The van der Waals surface area contributed by atoms with Gasteiger partial charge in [-0.15, -0.1) is 0 Å². The highest BCUT2D eigenvalue weighted by molar-refractivity contribution is 5.71. The summed E-state index contributed by atoms with van der Waals surface area (Å²) >= 11 is 0. The fourth-order valence-corrected chi connectivity index (χ4v) is 1.71. The summed E-state index contributed by atoms with van der Waals surface area (Å²) in [5.41, 5.74) is 2.13. The molecular weight excluding hydrogens is 230 g/mol. The second-order valence-corrected chi connectivity index (χ2v) is 3.78. The van der Waals surface area contributed by atoms with Gasteiger partial charge < -0.3 is 9.84 Å². The molecule has 4 heteroatoms. The number of aromatic nitrogens is 1. The van der Waals surface area contributed by atoms with Crippen LogP contribution in [-0.2, 0) is 11.2 Å². The van der Waals surface area contributed by atoms with E-state index >= 15 is 0 Å². The first-order valence-electron chi connectivity index (χ1n) is 5.52. The van der Waals surface area contributed by atoms with E-state index in [1.807, 2.05) is 36.4 Å². The van der Waals surface area contributed by atoms with Crippen LogP contribution < -0.4 is 4.74 Å². The Hall–Kier alpha value is -2.36. The summed E-state index contributed by atoms with van der Waals surface area (Å²) in [6, 6.07) is 13.2. The molecule has 92 valence electrons. The predicted octanol–water partition coefficient (Wildman–Crippen LogP) is 2.38. The number of rotatable bonds is 4. The van der Waals surface area contributed by atoms with Crippen molar-refractivity contribution in [3.05, 3.63) is 48.2 Å². The number of benzene rings is 1. The van der Waals surface area contributed by atoms with Gasteiger partial charge in [-0.05, 0) is 12.1 Å². The molecule has 0 spiro atoms. The number of hydrogen-bond donors (Lipinski definition) is 1. The number of aliphatic carboxylic acids is 1. The molecule has 4 nitrogen and oxygen atoms in total. The minimum absolute atomic E-state index is 0.149. The molecule has 0 fully saturated rings. The average Bonchev–Trinajstić information content (AvgIpc) is 2.39. The van der Waals surface area contributed by atoms with Crippen LogP contribution in [0.25, 0.3) is 11.3 Å². The normalized spacial score (nSPS) is 10.1. The number of carboxylic acids is 1. The molecule has 0 atom stereocenters. The van der Waals surface area contributed by atoms with Crippen molar-refractivity contribution in [2.45, 2.75) is 6.42 Å². The van der Waals surface area contributed by atoms with Gasteiger partial charge in [-0.2, -0.15) is 0 Å². The molecule has 0 aliphatic rings. The number of methoxy groups -OCH3 is 1. The van der Waals surface area contributed by atoms with Crippen molar-refractivity contribution >= 4 is 5.97 Å². The smallest absolute Gasteiger partial charge is 0.309 e. The molecule has 1 N–H and O–H groups in total. The lowest BCUT2D eigenvalue weighted by Crippen LogP contribution is -2.05. The van der Waals surface area contributed by atoms with Gasteiger partial charge >= 0.3 is 5.97 Å². The van der Waals surface area contributed by atoms with Crippen LogP contribution in [0.15, 0.2) is 42.5 Å². The molecule has 1 aromatic carbocycles. The van der Waals surface area contributed by atoms with E-state index in [-0.39, 0.29) is 6.42 Å². The monoisotopic (exact) mass is 243 g/mol. The standard InChI is InChI=1S/C14H13NO3/c1-18-13-8-7-11(10-5-3-2-4-6-10)15-12(13)9-14(16)17/h2-8H,9H2,1H3,(H,16,17). The van der Waals surface area contributed by atoms with Crippen LogP contribution in [0.1, 0.15) is 5.69 Å². The fraction of sp³-hybridized carbons (Fsp3) is 0.143. The van der Waals surface area contributed by atoms with Crippen LogP contribution >= 0.6 is 0 Å². The van der Waals surface area contributed by atoms with E-state index in [4.69, 9.17) is 9.84 Å². The van der Waals surface area contributed by atoms with Gasteiger partial charge in [-0.1, -0.05) is 30.3 Å². The molecule has 0 saturated carbocycles. The van der Waals surface area contributed by atoms with Gasteiger partial charge in [0.15, 0.2) is 0 Å². The third kappa shape index (κ3) is 2.66. The molecule has 0 bridgehead atoms. The highest BCUT2D eigenvalue weighted by Crippen LogP contribution is 2.23. The van der Waals surface area contributed by atoms with Gasteiger partial charge in [0, 0.05) is 5.56 Å². The Morgan fingerprint density at radius 2 is 1.94 bits per heavy atom. The highest BCUT2D eigenvalue weighted by Gasteiger charge is 2.11. The maximum Gasteiger partial charge on any atom is 0.309 e. The predicted molar refractivity (Wildman–Crippen MR) is 67.6 cm³/mol. The third-order valence-electron chi connectivity index (χ3n) is 2.54. The van der Waals surface area contributed by atoms with Crippen LogP contribution in [0.4, 0.5) is 0 Å². The first kappa shape index (κ1) is 12.1. The molecule has 1 aromatic heterocycles. The van der Waals surface area contributed by atoms with Gasteiger partial charge in [0.05, 0.1) is 24.9 Å². The summed E-state index contributed by atoms with van der Waals surface area (Å²) < 4.78 is 5.11. The number of hydrogen-bond acceptors (Lipinski definition) is 3. The Labute approximate surface area is 105 Å². The molecule has 0 aliphatic carbocycles. The number of pyridine rings is 1. The maximum atomic E-state index is 10.8. The third-order valence-corrected chi connectivity index (χ3v) is 2.54. The Bertz CT molecular complexity index is 552. The molecular formula is C14H13NO3. The van der Waals surface area contributed by atoms with Crippen molar-refractivity contribution < 1.29 is 14.6 Å². The van der Waals surface area contributed by atoms with E-state index in [0.717, 1.165) is 11.3 Å². The topological polar surface area (TPSA) is 59.4 Å². The lowest BCUT2D eigenvalue weighted by molar-refractivity contribution is -0.136. The second kappa shape index (κ2) is 5.31. The highest BCUT2D eigenvalue weighted by atomic mass is 16.5. The molecule has 0 aliphatic heterocycles. The van der Waals surface area contributed by atoms with Gasteiger partial charge in [0.25, 0.3) is 0 Å². The quantitative estimate of drug-likeness (QED) is 0.895. The minimum atomic E-state index is -0.925. The van der Waals surface area contributed by atoms with Crippen LogP contribution in [0.3, 0.4) is 0 Å².